The quantitative estimate of drug-likeness (QED) is 0.152. The van der Waals surface area contributed by atoms with Gasteiger partial charge < -0.3 is 5.32 Å². The lowest BCUT2D eigenvalue weighted by Crippen LogP contribution is -2.12. The van der Waals surface area contributed by atoms with Gasteiger partial charge in [-0.3, -0.25) is 4.98 Å². The van der Waals surface area contributed by atoms with Crippen molar-refractivity contribution in [3.8, 4) is 11.1 Å². The van der Waals surface area contributed by atoms with Crippen LogP contribution in [0.3, 0.4) is 0 Å². The van der Waals surface area contributed by atoms with Crippen LogP contribution in [0.5, 0.6) is 0 Å². The molecule has 0 radical (unpaired) electrons. The summed E-state index contributed by atoms with van der Waals surface area (Å²) in [5, 5.41) is 8.51. The minimum absolute atomic E-state index is 0.200. The number of allylic oxidation sites excluding steroid dienone is 6. The Kier molecular flexibility index (Phi) is 7.58. The fourth-order valence-electron chi connectivity index (χ4n) is 6.69. The topological polar surface area (TPSA) is 24.9 Å². The van der Waals surface area contributed by atoms with E-state index in [0.29, 0.717) is 0 Å². The Labute approximate surface area is 254 Å². The van der Waals surface area contributed by atoms with E-state index in [1.807, 2.05) is 12.3 Å². The first-order valence-corrected chi connectivity index (χ1v) is 15.4. The lowest BCUT2D eigenvalue weighted by Gasteiger charge is -2.22. The molecule has 1 N–H and O–H groups in total. The van der Waals surface area contributed by atoms with E-state index in [4.69, 9.17) is 4.98 Å². The van der Waals surface area contributed by atoms with Crippen molar-refractivity contribution in [2.75, 3.05) is 6.54 Å². The van der Waals surface area contributed by atoms with Gasteiger partial charge in [0.2, 0.25) is 0 Å². The molecule has 1 unspecified atom stereocenters. The summed E-state index contributed by atoms with van der Waals surface area (Å²) < 4.78 is 0. The van der Waals surface area contributed by atoms with Crippen LogP contribution >= 0.6 is 0 Å². The predicted molar refractivity (Wildman–Crippen MR) is 184 cm³/mol. The molecule has 1 aliphatic heterocycles. The van der Waals surface area contributed by atoms with E-state index >= 15 is 0 Å². The summed E-state index contributed by atoms with van der Waals surface area (Å²) in [4.78, 5) is 4.97. The highest BCUT2D eigenvalue weighted by molar-refractivity contribution is 6.15. The molecule has 0 bridgehead atoms. The predicted octanol–water partition coefficient (Wildman–Crippen LogP) is 9.97. The number of nitrogens with zero attached hydrogens (tertiary/aromatic N) is 1. The third-order valence-corrected chi connectivity index (χ3v) is 8.71. The molecule has 1 aromatic heterocycles. The largest absolute Gasteiger partial charge is 0.387 e. The average Bonchev–Trinajstić information content (AvgIpc) is 3.07. The van der Waals surface area contributed by atoms with Crippen LogP contribution in [0, 0.1) is 0 Å². The van der Waals surface area contributed by atoms with E-state index in [2.05, 4.69) is 133 Å². The maximum absolute atomic E-state index is 4.97. The first kappa shape index (κ1) is 26.9. The highest BCUT2D eigenvalue weighted by Gasteiger charge is 2.20. The van der Waals surface area contributed by atoms with Crippen LogP contribution in [0.4, 0.5) is 0 Å². The molecular formula is C41H36N2. The van der Waals surface area contributed by atoms with Crippen molar-refractivity contribution in [1.29, 1.82) is 0 Å². The zero-order valence-corrected chi connectivity index (χ0v) is 24.5. The van der Waals surface area contributed by atoms with E-state index in [1.54, 1.807) is 0 Å². The Morgan fingerprint density at radius 3 is 2.42 bits per heavy atom. The van der Waals surface area contributed by atoms with Gasteiger partial charge in [-0.05, 0) is 105 Å². The minimum Gasteiger partial charge on any atom is -0.387 e. The van der Waals surface area contributed by atoms with Crippen LogP contribution in [0.2, 0.25) is 0 Å². The summed E-state index contributed by atoms with van der Waals surface area (Å²) in [7, 11) is 0. The number of hydrogen-bond donors (Lipinski definition) is 1. The third-order valence-electron chi connectivity index (χ3n) is 8.71. The first-order valence-electron chi connectivity index (χ1n) is 15.4. The fraction of sp³-hybridized carbons (Fsp3) is 0.146. The molecule has 43 heavy (non-hydrogen) atoms. The molecule has 5 aromatic rings. The average molecular weight is 557 g/mol. The minimum atomic E-state index is 0.200. The van der Waals surface area contributed by atoms with Crippen molar-refractivity contribution >= 4 is 33.2 Å². The lowest BCUT2D eigenvalue weighted by atomic mass is 9.81. The Balaban J connectivity index is 1.31. The van der Waals surface area contributed by atoms with Crippen molar-refractivity contribution in [1.82, 2.24) is 10.3 Å². The second-order valence-corrected chi connectivity index (χ2v) is 11.4. The first-order chi connectivity index (χ1) is 21.3. The van der Waals surface area contributed by atoms with Gasteiger partial charge >= 0.3 is 0 Å². The summed E-state index contributed by atoms with van der Waals surface area (Å²) in [6.45, 7) is 4.96. The molecular weight excluding hydrogens is 520 g/mol. The Morgan fingerprint density at radius 1 is 0.884 bits per heavy atom. The van der Waals surface area contributed by atoms with Gasteiger partial charge in [0.15, 0.2) is 0 Å². The zero-order valence-electron chi connectivity index (χ0n) is 24.5. The monoisotopic (exact) mass is 556 g/mol. The van der Waals surface area contributed by atoms with E-state index in [0.717, 1.165) is 43.6 Å². The molecule has 1 atom stereocenters. The van der Waals surface area contributed by atoms with Crippen LogP contribution in [0.15, 0.2) is 134 Å². The van der Waals surface area contributed by atoms with Gasteiger partial charge in [0.05, 0.1) is 5.69 Å². The molecule has 2 aliphatic rings. The number of rotatable bonds is 8. The van der Waals surface area contributed by atoms with Crippen LogP contribution in [0.25, 0.3) is 44.3 Å². The standard InChI is InChI=1S/C41H36N2/c1-2-12-30(15-9-17-34-18-10-23-39(43-34)33-16-11-26-42-28-33)40-35-19-5-7-21-37(35)41(38-22-8-6-20-36(38)40)32-25-24-29-13-3-4-14-31(29)27-32/h2,4-11,14-16,18-27,30,42H,1,3,12-13,17,28H2/b15-9-. The number of aromatic nitrogens is 1. The number of dihydropyridines is 1. The summed E-state index contributed by atoms with van der Waals surface area (Å²) >= 11 is 0. The number of nitrogens with one attached hydrogen (secondary N) is 1. The number of pyridine rings is 1. The van der Waals surface area contributed by atoms with Crippen molar-refractivity contribution < 1.29 is 0 Å². The van der Waals surface area contributed by atoms with E-state index in [1.165, 1.54) is 54.9 Å². The molecule has 4 aromatic carbocycles. The lowest BCUT2D eigenvalue weighted by molar-refractivity contribution is 0.875. The number of benzene rings is 4. The van der Waals surface area contributed by atoms with Crippen molar-refractivity contribution in [2.24, 2.45) is 0 Å². The van der Waals surface area contributed by atoms with Crippen LogP contribution in [0.1, 0.15) is 46.8 Å². The molecule has 210 valence electrons. The molecule has 2 nitrogen and oxygen atoms in total. The van der Waals surface area contributed by atoms with E-state index < -0.39 is 0 Å². The van der Waals surface area contributed by atoms with Gasteiger partial charge in [-0.25, -0.2) is 0 Å². The molecule has 0 saturated carbocycles. The molecule has 0 amide bonds. The highest BCUT2D eigenvalue weighted by Crippen LogP contribution is 2.43. The maximum Gasteiger partial charge on any atom is 0.0682 e. The normalized spacial score (nSPS) is 14.9. The molecule has 0 spiro atoms. The Bertz CT molecular complexity index is 1900. The molecule has 7 rings (SSSR count). The molecule has 1 aliphatic carbocycles. The molecule has 0 fully saturated rings. The van der Waals surface area contributed by atoms with Gasteiger partial charge in [-0.1, -0.05) is 103 Å². The summed E-state index contributed by atoms with van der Waals surface area (Å²) in [5.74, 6) is 0.200. The number of aryl methyl sites for hydroxylation is 1. The fourth-order valence-corrected chi connectivity index (χ4v) is 6.69. The molecule has 0 saturated heterocycles. The van der Waals surface area contributed by atoms with Crippen LogP contribution < -0.4 is 5.32 Å². The Hall–Kier alpha value is -4.95. The summed E-state index contributed by atoms with van der Waals surface area (Å²) in [6.07, 6.45) is 21.3. The van der Waals surface area contributed by atoms with Gasteiger partial charge in [0.25, 0.3) is 0 Å². The van der Waals surface area contributed by atoms with Crippen molar-refractivity contribution in [3.05, 3.63) is 162 Å². The van der Waals surface area contributed by atoms with E-state index in [9.17, 15) is 0 Å². The third kappa shape index (κ3) is 5.37. The number of hydrogen-bond acceptors (Lipinski definition) is 2. The highest BCUT2D eigenvalue weighted by atomic mass is 14.8. The smallest absolute Gasteiger partial charge is 0.0682 e. The Morgan fingerprint density at radius 2 is 1.67 bits per heavy atom. The van der Waals surface area contributed by atoms with Crippen LogP contribution in [-0.2, 0) is 12.8 Å². The SMILES string of the molecule is C=CCC(/C=C\Cc1cccc(C2=CC=CNC2)n1)c1c2ccccc2c(-c2ccc3c(c2)C=CCC3)c2ccccc12. The van der Waals surface area contributed by atoms with Gasteiger partial charge in [-0.15, -0.1) is 6.58 Å². The van der Waals surface area contributed by atoms with Crippen molar-refractivity contribution in [2.45, 2.75) is 31.6 Å². The van der Waals surface area contributed by atoms with E-state index in [-0.39, 0.29) is 5.92 Å². The molecule has 2 heterocycles. The second-order valence-electron chi connectivity index (χ2n) is 11.4. The van der Waals surface area contributed by atoms with Gasteiger partial charge in [-0.2, -0.15) is 0 Å². The van der Waals surface area contributed by atoms with Gasteiger partial charge in [0, 0.05) is 24.6 Å². The van der Waals surface area contributed by atoms with Crippen molar-refractivity contribution in [3.63, 3.8) is 0 Å². The maximum atomic E-state index is 4.97. The number of fused-ring (bicyclic) bond motifs is 3. The zero-order chi connectivity index (χ0) is 29.0. The van der Waals surface area contributed by atoms with Gasteiger partial charge in [0.1, 0.15) is 0 Å². The molecule has 2 heteroatoms. The van der Waals surface area contributed by atoms with Crippen LogP contribution in [-0.4, -0.2) is 11.5 Å². The second kappa shape index (κ2) is 12.1. The summed E-state index contributed by atoms with van der Waals surface area (Å²) in [6, 6.07) is 31.3. The summed E-state index contributed by atoms with van der Waals surface area (Å²) in [5.41, 5.74) is 10.1.